The van der Waals surface area contributed by atoms with Crippen LogP contribution in [0.1, 0.15) is 16.7 Å². The molecule has 0 aliphatic carbocycles. The van der Waals surface area contributed by atoms with Gasteiger partial charge in [-0.2, -0.15) is 0 Å². The van der Waals surface area contributed by atoms with Crippen molar-refractivity contribution in [2.45, 2.75) is 19.5 Å². The van der Waals surface area contributed by atoms with Crippen LogP contribution in [0.3, 0.4) is 0 Å². The molecule has 0 fully saturated rings. The number of hydrogen-bond acceptors (Lipinski definition) is 2. The van der Waals surface area contributed by atoms with E-state index in [0.717, 1.165) is 30.8 Å². The molecule has 1 N–H and O–H groups in total. The van der Waals surface area contributed by atoms with Crippen molar-refractivity contribution >= 4 is 34.1 Å². The SMILES string of the molecule is COc1ccc(CCNCc2cn(Cc3c(Cl)cccc3Cl)c3ccccc23)cc1. The molecule has 3 aromatic carbocycles. The van der Waals surface area contributed by atoms with Crippen LogP contribution >= 0.6 is 23.2 Å². The zero-order valence-corrected chi connectivity index (χ0v) is 18.4. The first-order chi connectivity index (χ1) is 14.7. The number of para-hydroxylation sites is 1. The van der Waals surface area contributed by atoms with Gasteiger partial charge in [-0.1, -0.05) is 59.6 Å². The first kappa shape index (κ1) is 20.8. The van der Waals surface area contributed by atoms with E-state index in [9.17, 15) is 0 Å². The predicted molar refractivity (Wildman–Crippen MR) is 126 cm³/mol. The number of nitrogens with one attached hydrogen (secondary N) is 1. The second kappa shape index (κ2) is 9.57. The third-order valence-electron chi connectivity index (χ3n) is 5.33. The molecular weight excluding hydrogens is 415 g/mol. The summed E-state index contributed by atoms with van der Waals surface area (Å²) in [6.45, 7) is 2.35. The lowest BCUT2D eigenvalue weighted by Crippen LogP contribution is -2.16. The number of halogens is 2. The molecule has 5 heteroatoms. The molecule has 0 aliphatic heterocycles. The van der Waals surface area contributed by atoms with Crippen molar-refractivity contribution in [3.63, 3.8) is 0 Å². The first-order valence-electron chi connectivity index (χ1n) is 9.99. The van der Waals surface area contributed by atoms with Crippen LogP contribution in [0.25, 0.3) is 10.9 Å². The van der Waals surface area contributed by atoms with Crippen LogP contribution in [0.5, 0.6) is 5.75 Å². The lowest BCUT2D eigenvalue weighted by Gasteiger charge is -2.09. The smallest absolute Gasteiger partial charge is 0.118 e. The lowest BCUT2D eigenvalue weighted by molar-refractivity contribution is 0.414. The highest BCUT2D eigenvalue weighted by Crippen LogP contribution is 2.28. The zero-order chi connectivity index (χ0) is 20.9. The van der Waals surface area contributed by atoms with E-state index >= 15 is 0 Å². The maximum Gasteiger partial charge on any atom is 0.118 e. The van der Waals surface area contributed by atoms with Crippen molar-refractivity contribution in [2.75, 3.05) is 13.7 Å². The average Bonchev–Trinajstić information content (AvgIpc) is 3.12. The molecule has 154 valence electrons. The summed E-state index contributed by atoms with van der Waals surface area (Å²) in [5.41, 5.74) is 4.68. The molecule has 0 unspecified atom stereocenters. The zero-order valence-electron chi connectivity index (χ0n) is 16.9. The van der Waals surface area contributed by atoms with E-state index in [4.69, 9.17) is 27.9 Å². The van der Waals surface area contributed by atoms with Crippen LogP contribution in [0, 0.1) is 0 Å². The van der Waals surface area contributed by atoms with Gasteiger partial charge >= 0.3 is 0 Å². The van der Waals surface area contributed by atoms with Crippen molar-refractivity contribution in [3.8, 4) is 5.75 Å². The van der Waals surface area contributed by atoms with Crippen LogP contribution < -0.4 is 10.1 Å². The highest BCUT2D eigenvalue weighted by molar-refractivity contribution is 6.36. The minimum absolute atomic E-state index is 0.644. The molecule has 3 nitrogen and oxygen atoms in total. The van der Waals surface area contributed by atoms with Gasteiger partial charge in [0, 0.05) is 39.3 Å². The third kappa shape index (κ3) is 4.65. The van der Waals surface area contributed by atoms with Crippen LogP contribution in [-0.4, -0.2) is 18.2 Å². The van der Waals surface area contributed by atoms with Crippen molar-refractivity contribution < 1.29 is 4.74 Å². The number of fused-ring (bicyclic) bond motifs is 1. The molecule has 0 aliphatic rings. The minimum Gasteiger partial charge on any atom is -0.497 e. The molecule has 0 bridgehead atoms. The Bertz CT molecular complexity index is 1120. The van der Waals surface area contributed by atoms with Gasteiger partial charge in [0.2, 0.25) is 0 Å². The topological polar surface area (TPSA) is 26.2 Å². The molecular formula is C25H24Cl2N2O. The number of ether oxygens (including phenoxy) is 1. The summed E-state index contributed by atoms with van der Waals surface area (Å²) in [7, 11) is 1.69. The van der Waals surface area contributed by atoms with Gasteiger partial charge in [-0.05, 0) is 54.4 Å². The molecule has 0 amide bonds. The largest absolute Gasteiger partial charge is 0.497 e. The molecule has 4 aromatic rings. The van der Waals surface area contributed by atoms with E-state index in [1.54, 1.807) is 7.11 Å². The first-order valence-corrected chi connectivity index (χ1v) is 10.7. The van der Waals surface area contributed by atoms with Crippen molar-refractivity contribution in [1.82, 2.24) is 9.88 Å². The van der Waals surface area contributed by atoms with Gasteiger partial charge in [0.25, 0.3) is 0 Å². The monoisotopic (exact) mass is 438 g/mol. The van der Waals surface area contributed by atoms with E-state index in [0.29, 0.717) is 16.6 Å². The number of hydrogen-bond donors (Lipinski definition) is 1. The van der Waals surface area contributed by atoms with E-state index in [2.05, 4.69) is 52.5 Å². The van der Waals surface area contributed by atoms with Gasteiger partial charge in [-0.25, -0.2) is 0 Å². The fraction of sp³-hybridized carbons (Fsp3) is 0.200. The summed E-state index contributed by atoms with van der Waals surface area (Å²) in [6.07, 6.45) is 3.17. The van der Waals surface area contributed by atoms with Crippen molar-refractivity contribution in [1.29, 1.82) is 0 Å². The Kier molecular flexibility index (Phi) is 6.63. The number of aromatic nitrogens is 1. The Labute approximate surface area is 187 Å². The number of nitrogens with zero attached hydrogens (tertiary/aromatic N) is 1. The van der Waals surface area contributed by atoms with E-state index < -0.39 is 0 Å². The average molecular weight is 439 g/mol. The Balaban J connectivity index is 1.46. The number of methoxy groups -OCH3 is 1. The Hall–Kier alpha value is -2.46. The van der Waals surface area contributed by atoms with Crippen molar-refractivity contribution in [3.05, 3.63) is 99.7 Å². The van der Waals surface area contributed by atoms with Gasteiger partial charge < -0.3 is 14.6 Å². The van der Waals surface area contributed by atoms with Crippen LogP contribution in [0.4, 0.5) is 0 Å². The highest BCUT2D eigenvalue weighted by atomic mass is 35.5. The second-order valence-electron chi connectivity index (χ2n) is 7.27. The fourth-order valence-electron chi connectivity index (χ4n) is 3.70. The maximum atomic E-state index is 6.40. The molecule has 0 radical (unpaired) electrons. The third-order valence-corrected chi connectivity index (χ3v) is 6.03. The Morgan fingerprint density at radius 3 is 2.37 bits per heavy atom. The van der Waals surface area contributed by atoms with Gasteiger partial charge in [0.1, 0.15) is 5.75 Å². The highest BCUT2D eigenvalue weighted by Gasteiger charge is 2.11. The molecule has 1 heterocycles. The summed E-state index contributed by atoms with van der Waals surface area (Å²) in [5.74, 6) is 0.887. The molecule has 4 rings (SSSR count). The van der Waals surface area contributed by atoms with E-state index in [1.165, 1.54) is 22.0 Å². The minimum atomic E-state index is 0.644. The van der Waals surface area contributed by atoms with Crippen LogP contribution in [-0.2, 0) is 19.5 Å². The van der Waals surface area contributed by atoms with Gasteiger partial charge in [-0.15, -0.1) is 0 Å². The van der Waals surface area contributed by atoms with Crippen LogP contribution in [0.15, 0.2) is 72.9 Å². The summed E-state index contributed by atoms with van der Waals surface area (Å²) in [6, 6.07) is 22.3. The molecule has 0 saturated heterocycles. The summed E-state index contributed by atoms with van der Waals surface area (Å²) in [5, 5.41) is 6.21. The maximum absolute atomic E-state index is 6.40. The number of benzene rings is 3. The lowest BCUT2D eigenvalue weighted by atomic mass is 10.1. The van der Waals surface area contributed by atoms with Gasteiger partial charge in [0.15, 0.2) is 0 Å². The Morgan fingerprint density at radius 2 is 1.63 bits per heavy atom. The molecule has 0 atom stereocenters. The molecule has 0 spiro atoms. The predicted octanol–water partition coefficient (Wildman–Crippen LogP) is 6.34. The summed E-state index contributed by atoms with van der Waals surface area (Å²) >= 11 is 12.8. The second-order valence-corrected chi connectivity index (χ2v) is 8.09. The van der Waals surface area contributed by atoms with Crippen LogP contribution in [0.2, 0.25) is 10.0 Å². The fourth-order valence-corrected chi connectivity index (χ4v) is 4.21. The van der Waals surface area contributed by atoms with Gasteiger partial charge in [0.05, 0.1) is 13.7 Å². The standard InChI is InChI=1S/C25H24Cl2N2O/c1-30-20-11-9-18(10-12-20)13-14-28-15-19-16-29(25-8-3-2-5-21(19)25)17-22-23(26)6-4-7-24(22)27/h2-12,16,28H,13-15,17H2,1H3. The molecule has 0 saturated carbocycles. The molecule has 1 aromatic heterocycles. The molecule has 30 heavy (non-hydrogen) atoms. The normalized spacial score (nSPS) is 11.2. The van der Waals surface area contributed by atoms with Gasteiger partial charge in [-0.3, -0.25) is 0 Å². The van der Waals surface area contributed by atoms with E-state index in [-0.39, 0.29) is 0 Å². The van der Waals surface area contributed by atoms with Crippen molar-refractivity contribution in [2.24, 2.45) is 0 Å². The summed E-state index contributed by atoms with van der Waals surface area (Å²) < 4.78 is 7.44. The Morgan fingerprint density at radius 1 is 0.900 bits per heavy atom. The summed E-state index contributed by atoms with van der Waals surface area (Å²) in [4.78, 5) is 0. The number of rotatable bonds is 8. The van der Waals surface area contributed by atoms with E-state index in [1.807, 2.05) is 30.3 Å². The quantitative estimate of drug-likeness (QED) is 0.325.